The highest BCUT2D eigenvalue weighted by Gasteiger charge is 2.35. The Kier molecular flexibility index (Phi) is 5.48. The van der Waals surface area contributed by atoms with Crippen molar-refractivity contribution in [2.45, 2.75) is 58.2 Å². The molecule has 0 spiro atoms. The maximum Gasteiger partial charge on any atom is 0.254 e. The summed E-state index contributed by atoms with van der Waals surface area (Å²) in [6.07, 6.45) is 6.45. The minimum Gasteiger partial charge on any atom is -0.393 e. The summed E-state index contributed by atoms with van der Waals surface area (Å²) in [6, 6.07) is 5.78. The first-order valence-corrected chi connectivity index (χ1v) is 8.99. The van der Waals surface area contributed by atoms with E-state index in [1.807, 2.05) is 36.0 Å². The lowest BCUT2D eigenvalue weighted by Gasteiger charge is -2.38. The van der Waals surface area contributed by atoms with E-state index >= 15 is 0 Å². The van der Waals surface area contributed by atoms with Crippen molar-refractivity contribution >= 4 is 5.91 Å². The molecule has 0 radical (unpaired) electrons. The number of hydrogen-bond donors (Lipinski definition) is 2. The van der Waals surface area contributed by atoms with E-state index in [0.29, 0.717) is 12.0 Å². The summed E-state index contributed by atoms with van der Waals surface area (Å²) in [6.45, 7) is 4.75. The molecule has 0 saturated heterocycles. The number of aliphatic hydroxyl groups excluding tert-OH is 1. The SMILES string of the molecule is CCCn1cc(C(=O)NC(Cc2ccccn2)C2CC(O)C2)c(C)n1. The normalized spacial score (nSPS) is 20.8. The number of pyridine rings is 1. The number of amides is 1. The largest absolute Gasteiger partial charge is 0.393 e. The van der Waals surface area contributed by atoms with Crippen LogP contribution < -0.4 is 5.32 Å². The second kappa shape index (κ2) is 7.78. The van der Waals surface area contributed by atoms with Crippen LogP contribution in [0.1, 0.15) is 47.9 Å². The van der Waals surface area contributed by atoms with Crippen molar-refractivity contribution in [2.75, 3.05) is 0 Å². The van der Waals surface area contributed by atoms with Crippen LogP contribution in [0.15, 0.2) is 30.6 Å². The smallest absolute Gasteiger partial charge is 0.254 e. The zero-order chi connectivity index (χ0) is 17.8. The molecule has 1 aliphatic carbocycles. The second-order valence-electron chi connectivity index (χ2n) is 6.88. The average molecular weight is 342 g/mol. The summed E-state index contributed by atoms with van der Waals surface area (Å²) >= 11 is 0. The number of carbonyl (C=O) groups excluding carboxylic acids is 1. The zero-order valence-corrected chi connectivity index (χ0v) is 14.9. The Morgan fingerprint density at radius 1 is 1.44 bits per heavy atom. The number of nitrogens with zero attached hydrogens (tertiary/aromatic N) is 3. The highest BCUT2D eigenvalue weighted by atomic mass is 16.3. The topological polar surface area (TPSA) is 80.0 Å². The van der Waals surface area contributed by atoms with Crippen molar-refractivity contribution in [1.82, 2.24) is 20.1 Å². The summed E-state index contributed by atoms with van der Waals surface area (Å²) in [7, 11) is 0. The number of nitrogens with one attached hydrogen (secondary N) is 1. The molecule has 0 bridgehead atoms. The molecule has 1 fully saturated rings. The van der Waals surface area contributed by atoms with Crippen LogP contribution in [0.5, 0.6) is 0 Å². The Balaban J connectivity index is 1.72. The monoisotopic (exact) mass is 342 g/mol. The molecule has 25 heavy (non-hydrogen) atoms. The first-order valence-electron chi connectivity index (χ1n) is 8.99. The maximum atomic E-state index is 12.8. The molecule has 1 amide bonds. The van der Waals surface area contributed by atoms with Gasteiger partial charge in [-0.2, -0.15) is 5.10 Å². The van der Waals surface area contributed by atoms with Crippen molar-refractivity contribution in [2.24, 2.45) is 5.92 Å². The van der Waals surface area contributed by atoms with Gasteiger partial charge in [0.05, 0.1) is 17.4 Å². The van der Waals surface area contributed by atoms with Gasteiger partial charge in [0.25, 0.3) is 5.91 Å². The van der Waals surface area contributed by atoms with Crippen LogP contribution in [-0.4, -0.2) is 37.9 Å². The van der Waals surface area contributed by atoms with Gasteiger partial charge in [-0.3, -0.25) is 14.5 Å². The summed E-state index contributed by atoms with van der Waals surface area (Å²) in [5, 5.41) is 17.2. The van der Waals surface area contributed by atoms with Gasteiger partial charge in [0, 0.05) is 37.1 Å². The quantitative estimate of drug-likeness (QED) is 0.808. The molecule has 0 aliphatic heterocycles. The third kappa shape index (κ3) is 4.25. The molecule has 6 nitrogen and oxygen atoms in total. The van der Waals surface area contributed by atoms with Gasteiger partial charge in [0.1, 0.15) is 0 Å². The molecule has 0 aromatic carbocycles. The zero-order valence-electron chi connectivity index (χ0n) is 14.9. The summed E-state index contributed by atoms with van der Waals surface area (Å²) in [5.74, 6) is 0.189. The van der Waals surface area contributed by atoms with Gasteiger partial charge in [-0.15, -0.1) is 0 Å². The van der Waals surface area contributed by atoms with Gasteiger partial charge in [-0.25, -0.2) is 0 Å². The minimum absolute atomic E-state index is 0.0280. The fourth-order valence-corrected chi connectivity index (χ4v) is 3.37. The molecule has 1 saturated carbocycles. The fourth-order valence-electron chi connectivity index (χ4n) is 3.37. The number of aliphatic hydroxyl groups is 1. The lowest BCUT2D eigenvalue weighted by Crippen LogP contribution is -2.48. The number of aryl methyl sites for hydroxylation is 2. The molecule has 2 N–H and O–H groups in total. The second-order valence-corrected chi connectivity index (χ2v) is 6.88. The van der Waals surface area contributed by atoms with Crippen molar-refractivity contribution in [1.29, 1.82) is 0 Å². The molecular formula is C19H26N4O2. The van der Waals surface area contributed by atoms with Crippen molar-refractivity contribution in [3.8, 4) is 0 Å². The lowest BCUT2D eigenvalue weighted by molar-refractivity contribution is 0.0237. The van der Waals surface area contributed by atoms with Crippen molar-refractivity contribution < 1.29 is 9.90 Å². The van der Waals surface area contributed by atoms with Gasteiger partial charge in [0.2, 0.25) is 0 Å². The predicted molar refractivity (Wildman–Crippen MR) is 95.2 cm³/mol. The third-order valence-corrected chi connectivity index (χ3v) is 4.83. The van der Waals surface area contributed by atoms with E-state index in [9.17, 15) is 9.90 Å². The van der Waals surface area contributed by atoms with Gasteiger partial charge < -0.3 is 10.4 Å². The van der Waals surface area contributed by atoms with Crippen LogP contribution in [0.3, 0.4) is 0 Å². The molecule has 6 heteroatoms. The summed E-state index contributed by atoms with van der Waals surface area (Å²) < 4.78 is 1.82. The minimum atomic E-state index is -0.248. The Hall–Kier alpha value is -2.21. The molecule has 134 valence electrons. The molecule has 1 aliphatic rings. The van der Waals surface area contributed by atoms with E-state index in [1.165, 1.54) is 0 Å². The average Bonchev–Trinajstić information content (AvgIpc) is 2.93. The van der Waals surface area contributed by atoms with Gasteiger partial charge in [0.15, 0.2) is 0 Å². The Labute approximate surface area is 148 Å². The Morgan fingerprint density at radius 3 is 2.88 bits per heavy atom. The van der Waals surface area contributed by atoms with Gasteiger partial charge in [-0.1, -0.05) is 13.0 Å². The van der Waals surface area contributed by atoms with E-state index in [-0.39, 0.29) is 24.0 Å². The lowest BCUT2D eigenvalue weighted by atomic mass is 9.76. The van der Waals surface area contributed by atoms with Crippen molar-refractivity contribution in [3.05, 3.63) is 47.5 Å². The highest BCUT2D eigenvalue weighted by molar-refractivity contribution is 5.95. The standard InChI is InChI=1S/C19H26N4O2/c1-3-8-23-12-17(13(2)22-23)19(25)21-18(14-9-16(24)10-14)11-15-6-4-5-7-20-15/h4-7,12,14,16,18,24H,3,8-11H2,1-2H3,(H,21,25). The summed E-state index contributed by atoms with van der Waals surface area (Å²) in [5.41, 5.74) is 2.32. The van der Waals surface area contributed by atoms with E-state index < -0.39 is 0 Å². The van der Waals surface area contributed by atoms with E-state index in [1.54, 1.807) is 6.20 Å². The maximum absolute atomic E-state index is 12.8. The number of aromatic nitrogens is 3. The molecule has 1 unspecified atom stereocenters. The first kappa shape index (κ1) is 17.6. The number of rotatable bonds is 7. The van der Waals surface area contributed by atoms with Crippen LogP contribution in [0.4, 0.5) is 0 Å². The summed E-state index contributed by atoms with van der Waals surface area (Å²) in [4.78, 5) is 17.1. The number of hydrogen-bond acceptors (Lipinski definition) is 4. The van der Waals surface area contributed by atoms with Crippen LogP contribution in [-0.2, 0) is 13.0 Å². The van der Waals surface area contributed by atoms with E-state index in [4.69, 9.17) is 0 Å². The molecule has 2 heterocycles. The van der Waals surface area contributed by atoms with Gasteiger partial charge >= 0.3 is 0 Å². The third-order valence-electron chi connectivity index (χ3n) is 4.83. The first-order chi connectivity index (χ1) is 12.1. The molecule has 1 atom stereocenters. The van der Waals surface area contributed by atoms with Crippen LogP contribution in [0.2, 0.25) is 0 Å². The van der Waals surface area contributed by atoms with Crippen LogP contribution in [0.25, 0.3) is 0 Å². The molecular weight excluding hydrogens is 316 g/mol. The van der Waals surface area contributed by atoms with Gasteiger partial charge in [-0.05, 0) is 44.2 Å². The number of carbonyl (C=O) groups is 1. The molecule has 3 rings (SSSR count). The highest BCUT2D eigenvalue weighted by Crippen LogP contribution is 2.31. The van der Waals surface area contributed by atoms with Crippen LogP contribution in [0, 0.1) is 12.8 Å². The van der Waals surface area contributed by atoms with E-state index in [2.05, 4.69) is 22.3 Å². The Morgan fingerprint density at radius 2 is 2.24 bits per heavy atom. The predicted octanol–water partition coefficient (Wildman–Crippen LogP) is 2.11. The fraction of sp³-hybridized carbons (Fsp3) is 0.526. The van der Waals surface area contributed by atoms with E-state index in [0.717, 1.165) is 37.2 Å². The van der Waals surface area contributed by atoms with Crippen molar-refractivity contribution in [3.63, 3.8) is 0 Å². The Bertz CT molecular complexity index is 707. The molecule has 2 aromatic heterocycles. The molecule has 2 aromatic rings. The van der Waals surface area contributed by atoms with Crippen LogP contribution >= 0.6 is 0 Å².